The van der Waals surface area contributed by atoms with Gasteiger partial charge in [-0.1, -0.05) is 23.7 Å². The summed E-state index contributed by atoms with van der Waals surface area (Å²) >= 11 is 5.96. The summed E-state index contributed by atoms with van der Waals surface area (Å²) in [5.74, 6) is -0.0607. The number of benzene rings is 2. The zero-order valence-corrected chi connectivity index (χ0v) is 14.2. The Hall–Kier alpha value is -2.26. The number of hydrogen-bond donors (Lipinski definition) is 1. The third-order valence-corrected chi connectivity index (χ3v) is 4.63. The van der Waals surface area contributed by atoms with Crippen LogP contribution in [0.2, 0.25) is 5.02 Å². The molecule has 0 bridgehead atoms. The van der Waals surface area contributed by atoms with Gasteiger partial charge in [0.2, 0.25) is 0 Å². The Morgan fingerprint density at radius 1 is 1.13 bits per heavy atom. The van der Waals surface area contributed by atoms with Crippen molar-refractivity contribution in [2.45, 2.75) is 20.4 Å². The summed E-state index contributed by atoms with van der Waals surface area (Å²) in [6.45, 7) is 5.00. The highest BCUT2D eigenvalue weighted by atomic mass is 35.5. The summed E-state index contributed by atoms with van der Waals surface area (Å²) in [4.78, 5) is 11.9. The minimum atomic E-state index is -0.0607. The van der Waals surface area contributed by atoms with Crippen molar-refractivity contribution in [2.24, 2.45) is 0 Å². The fourth-order valence-corrected chi connectivity index (χ4v) is 3.04. The van der Waals surface area contributed by atoms with Gasteiger partial charge in [-0.25, -0.2) is 0 Å². The average Bonchev–Trinajstić information content (AvgIpc) is 2.80. The highest BCUT2D eigenvalue weighted by molar-refractivity contribution is 6.30. The van der Waals surface area contributed by atoms with E-state index in [9.17, 15) is 4.79 Å². The van der Waals surface area contributed by atoms with Crippen LogP contribution in [0.15, 0.2) is 42.5 Å². The van der Waals surface area contributed by atoms with E-state index in [4.69, 9.17) is 11.6 Å². The van der Waals surface area contributed by atoms with Gasteiger partial charge in [0, 0.05) is 40.8 Å². The molecule has 0 radical (unpaired) electrons. The number of amides is 1. The van der Waals surface area contributed by atoms with Gasteiger partial charge in [0.15, 0.2) is 0 Å². The van der Waals surface area contributed by atoms with Crippen LogP contribution in [0.25, 0.3) is 10.9 Å². The Bertz CT molecular complexity index is 879. The molecular weight excluding hydrogens is 308 g/mol. The number of rotatable bonds is 3. The first-order valence-electron chi connectivity index (χ1n) is 7.57. The molecule has 1 amide bonds. The van der Waals surface area contributed by atoms with Crippen molar-refractivity contribution >= 4 is 28.4 Å². The van der Waals surface area contributed by atoms with E-state index in [2.05, 4.69) is 23.7 Å². The highest BCUT2D eigenvalue weighted by Crippen LogP contribution is 2.27. The molecule has 1 heterocycles. The molecule has 0 aliphatic rings. The van der Waals surface area contributed by atoms with Gasteiger partial charge in [0.1, 0.15) is 0 Å². The summed E-state index contributed by atoms with van der Waals surface area (Å²) in [7, 11) is 1.65. The monoisotopic (exact) mass is 326 g/mol. The van der Waals surface area contributed by atoms with E-state index in [1.54, 1.807) is 7.05 Å². The number of carbonyl (C=O) groups is 1. The molecule has 2 aromatic carbocycles. The van der Waals surface area contributed by atoms with Gasteiger partial charge in [-0.15, -0.1) is 0 Å². The number of nitrogens with zero attached hydrogens (tertiary/aromatic N) is 1. The number of carbonyl (C=O) groups excluding carboxylic acids is 1. The van der Waals surface area contributed by atoms with Gasteiger partial charge < -0.3 is 9.88 Å². The Balaban J connectivity index is 2.08. The molecule has 0 atom stereocenters. The summed E-state index contributed by atoms with van der Waals surface area (Å²) in [6.07, 6.45) is 0. The summed E-state index contributed by atoms with van der Waals surface area (Å²) < 4.78 is 2.28. The fraction of sp³-hybridized carbons (Fsp3) is 0.211. The molecule has 0 fully saturated rings. The van der Waals surface area contributed by atoms with Gasteiger partial charge in [0.05, 0.1) is 0 Å². The maximum Gasteiger partial charge on any atom is 0.251 e. The third-order valence-electron chi connectivity index (χ3n) is 4.38. The van der Waals surface area contributed by atoms with E-state index in [-0.39, 0.29) is 5.91 Å². The highest BCUT2D eigenvalue weighted by Gasteiger charge is 2.13. The van der Waals surface area contributed by atoms with Crippen LogP contribution in [0.3, 0.4) is 0 Å². The number of fused-ring (bicyclic) bond motifs is 1. The second kappa shape index (κ2) is 6.09. The second-order valence-electron chi connectivity index (χ2n) is 5.73. The molecule has 0 spiro atoms. The van der Waals surface area contributed by atoms with Crippen LogP contribution in [0, 0.1) is 13.8 Å². The first-order valence-corrected chi connectivity index (χ1v) is 7.95. The van der Waals surface area contributed by atoms with Crippen molar-refractivity contribution in [3.63, 3.8) is 0 Å². The SMILES string of the molecule is CNC(=O)c1ccc2c(c1)c(C)c(C)n2Cc1ccc(Cl)cc1. The van der Waals surface area contributed by atoms with E-state index in [0.717, 1.165) is 22.5 Å². The summed E-state index contributed by atoms with van der Waals surface area (Å²) in [5.41, 5.74) is 5.45. The normalized spacial score (nSPS) is 11.0. The van der Waals surface area contributed by atoms with Gasteiger partial charge in [-0.2, -0.15) is 0 Å². The second-order valence-corrected chi connectivity index (χ2v) is 6.17. The van der Waals surface area contributed by atoms with Crippen molar-refractivity contribution in [3.05, 3.63) is 69.9 Å². The van der Waals surface area contributed by atoms with Crippen molar-refractivity contribution in [3.8, 4) is 0 Å². The smallest absolute Gasteiger partial charge is 0.251 e. The maximum atomic E-state index is 11.9. The number of nitrogens with one attached hydrogen (secondary N) is 1. The van der Waals surface area contributed by atoms with Gasteiger partial charge in [-0.3, -0.25) is 4.79 Å². The zero-order chi connectivity index (χ0) is 16.6. The van der Waals surface area contributed by atoms with Crippen LogP contribution in [0.4, 0.5) is 0 Å². The third kappa shape index (κ3) is 2.84. The van der Waals surface area contributed by atoms with Crippen molar-refractivity contribution in [1.82, 2.24) is 9.88 Å². The molecule has 4 heteroatoms. The fourth-order valence-electron chi connectivity index (χ4n) is 2.91. The van der Waals surface area contributed by atoms with Gasteiger partial charge in [-0.05, 0) is 55.3 Å². The Morgan fingerprint density at radius 3 is 2.48 bits per heavy atom. The van der Waals surface area contributed by atoms with Gasteiger partial charge in [0.25, 0.3) is 5.91 Å². The van der Waals surface area contributed by atoms with Crippen molar-refractivity contribution in [1.29, 1.82) is 0 Å². The Labute approximate surface area is 140 Å². The largest absolute Gasteiger partial charge is 0.355 e. The van der Waals surface area contributed by atoms with Crippen LogP contribution >= 0.6 is 11.6 Å². The topological polar surface area (TPSA) is 34.0 Å². The molecule has 0 aliphatic heterocycles. The standard InChI is InChI=1S/C19H19ClN2O/c1-12-13(2)22(11-14-4-7-16(20)8-5-14)18-9-6-15(10-17(12)18)19(23)21-3/h4-10H,11H2,1-3H3,(H,21,23). The molecule has 0 aliphatic carbocycles. The van der Waals surface area contributed by atoms with E-state index >= 15 is 0 Å². The molecule has 1 N–H and O–H groups in total. The first kappa shape index (κ1) is 15.6. The van der Waals surface area contributed by atoms with Crippen LogP contribution < -0.4 is 5.32 Å². The zero-order valence-electron chi connectivity index (χ0n) is 13.5. The minimum Gasteiger partial charge on any atom is -0.355 e. The summed E-state index contributed by atoms with van der Waals surface area (Å²) in [5, 5.41) is 4.54. The lowest BCUT2D eigenvalue weighted by Crippen LogP contribution is -2.17. The predicted molar refractivity (Wildman–Crippen MR) is 95.4 cm³/mol. The molecule has 23 heavy (non-hydrogen) atoms. The van der Waals surface area contributed by atoms with Crippen LogP contribution in [-0.2, 0) is 6.54 Å². The van der Waals surface area contributed by atoms with E-state index in [1.165, 1.54) is 16.8 Å². The number of halogens is 1. The molecule has 1 aromatic heterocycles. The molecule has 0 saturated carbocycles. The molecule has 118 valence electrons. The van der Waals surface area contributed by atoms with Crippen molar-refractivity contribution < 1.29 is 4.79 Å². The lowest BCUT2D eigenvalue weighted by atomic mass is 10.1. The number of aryl methyl sites for hydroxylation is 1. The van der Waals surface area contributed by atoms with Crippen LogP contribution in [0.1, 0.15) is 27.2 Å². The Morgan fingerprint density at radius 2 is 1.83 bits per heavy atom. The van der Waals surface area contributed by atoms with Crippen LogP contribution in [0.5, 0.6) is 0 Å². The molecule has 3 nitrogen and oxygen atoms in total. The first-order chi connectivity index (χ1) is 11.0. The van der Waals surface area contributed by atoms with Gasteiger partial charge >= 0.3 is 0 Å². The number of aromatic nitrogens is 1. The lowest BCUT2D eigenvalue weighted by molar-refractivity contribution is 0.0963. The quantitative estimate of drug-likeness (QED) is 0.764. The maximum absolute atomic E-state index is 11.9. The Kier molecular flexibility index (Phi) is 4.14. The van der Waals surface area contributed by atoms with Crippen molar-refractivity contribution in [2.75, 3.05) is 7.05 Å². The molecule has 0 unspecified atom stereocenters. The number of hydrogen-bond acceptors (Lipinski definition) is 1. The average molecular weight is 327 g/mol. The van der Waals surface area contributed by atoms with Crippen LogP contribution in [-0.4, -0.2) is 17.5 Å². The lowest BCUT2D eigenvalue weighted by Gasteiger charge is -2.09. The molecule has 0 saturated heterocycles. The van der Waals surface area contributed by atoms with E-state index in [1.807, 2.05) is 42.5 Å². The van der Waals surface area contributed by atoms with E-state index in [0.29, 0.717) is 5.56 Å². The predicted octanol–water partition coefficient (Wildman–Crippen LogP) is 4.32. The molecule has 3 rings (SSSR count). The summed E-state index contributed by atoms with van der Waals surface area (Å²) in [6, 6.07) is 13.8. The van der Waals surface area contributed by atoms with E-state index < -0.39 is 0 Å². The molecule has 3 aromatic rings. The molecular formula is C19H19ClN2O. The minimum absolute atomic E-state index is 0.0607.